The third kappa shape index (κ3) is 4.04. The van der Waals surface area contributed by atoms with Crippen LogP contribution in [-0.2, 0) is 6.54 Å². The molecule has 0 unspecified atom stereocenters. The fourth-order valence-corrected chi connectivity index (χ4v) is 3.75. The number of fused-ring (bicyclic) bond motifs is 1. The van der Waals surface area contributed by atoms with Gasteiger partial charge in [0.25, 0.3) is 5.91 Å². The molecule has 0 saturated heterocycles. The van der Waals surface area contributed by atoms with E-state index in [4.69, 9.17) is 11.2 Å². The van der Waals surface area contributed by atoms with Gasteiger partial charge >= 0.3 is 0 Å². The second-order valence-electron chi connectivity index (χ2n) is 6.10. The molecule has 0 aliphatic rings. The average Bonchev–Trinajstić information content (AvgIpc) is 2.99. The summed E-state index contributed by atoms with van der Waals surface area (Å²) in [4.78, 5) is 19.5. The maximum absolute atomic E-state index is 12.6. The smallest absolute Gasteiger partial charge is 0.279 e. The predicted octanol–water partition coefficient (Wildman–Crippen LogP) is 3.54. The number of terminal acetylenes is 1. The Morgan fingerprint density at radius 3 is 2.63 bits per heavy atom. The van der Waals surface area contributed by atoms with Crippen LogP contribution in [0.1, 0.15) is 17.3 Å². The van der Waals surface area contributed by atoms with E-state index in [-0.39, 0.29) is 5.91 Å². The lowest BCUT2D eigenvalue weighted by molar-refractivity contribution is 0.0998. The minimum atomic E-state index is -0.289. The van der Waals surface area contributed by atoms with Crippen LogP contribution in [-0.4, -0.2) is 31.2 Å². The molecule has 1 heterocycles. The molecule has 1 amide bonds. The van der Waals surface area contributed by atoms with Crippen molar-refractivity contribution in [1.29, 1.82) is 0 Å². The lowest BCUT2D eigenvalue weighted by Crippen LogP contribution is -2.16. The molecular formula is C21H21N3O2S. The van der Waals surface area contributed by atoms with Gasteiger partial charge < -0.3 is 14.2 Å². The number of benzene rings is 2. The van der Waals surface area contributed by atoms with Gasteiger partial charge in [0.1, 0.15) is 5.75 Å². The molecule has 0 fully saturated rings. The van der Waals surface area contributed by atoms with E-state index in [1.807, 2.05) is 60.8 Å². The van der Waals surface area contributed by atoms with E-state index < -0.39 is 0 Å². The second kappa shape index (κ2) is 8.11. The summed E-state index contributed by atoms with van der Waals surface area (Å²) in [6.45, 7) is 2.89. The van der Waals surface area contributed by atoms with Crippen molar-refractivity contribution in [3.05, 3.63) is 52.8 Å². The number of rotatable bonds is 5. The lowest BCUT2D eigenvalue weighted by Gasteiger charge is -2.11. The van der Waals surface area contributed by atoms with Crippen LogP contribution in [0.25, 0.3) is 10.2 Å². The Kier molecular flexibility index (Phi) is 5.63. The summed E-state index contributed by atoms with van der Waals surface area (Å²) >= 11 is 1.43. The molecule has 0 spiro atoms. The van der Waals surface area contributed by atoms with Crippen molar-refractivity contribution >= 4 is 33.1 Å². The number of hydrogen-bond donors (Lipinski definition) is 0. The first-order valence-electron chi connectivity index (χ1n) is 8.59. The lowest BCUT2D eigenvalue weighted by atomic mass is 10.2. The zero-order chi connectivity index (χ0) is 19.4. The highest BCUT2D eigenvalue weighted by molar-refractivity contribution is 7.16. The van der Waals surface area contributed by atoms with Crippen LogP contribution in [0.3, 0.4) is 0 Å². The van der Waals surface area contributed by atoms with Gasteiger partial charge in [0.2, 0.25) is 0 Å². The van der Waals surface area contributed by atoms with E-state index in [2.05, 4.69) is 10.9 Å². The molecule has 3 rings (SSSR count). The molecule has 0 aliphatic heterocycles. The van der Waals surface area contributed by atoms with E-state index in [1.54, 1.807) is 12.1 Å². The third-order valence-electron chi connectivity index (χ3n) is 4.04. The fourth-order valence-electron chi connectivity index (χ4n) is 2.69. The van der Waals surface area contributed by atoms with Crippen molar-refractivity contribution in [3.8, 4) is 18.1 Å². The third-order valence-corrected chi connectivity index (χ3v) is 5.08. The van der Waals surface area contributed by atoms with Crippen LogP contribution in [0.2, 0.25) is 0 Å². The Labute approximate surface area is 162 Å². The van der Waals surface area contributed by atoms with Gasteiger partial charge in [-0.1, -0.05) is 17.3 Å². The maximum Gasteiger partial charge on any atom is 0.279 e. The molecule has 0 N–H and O–H groups in total. The molecule has 0 bridgehead atoms. The summed E-state index contributed by atoms with van der Waals surface area (Å²) in [5.41, 5.74) is 2.51. The molecule has 2 aromatic carbocycles. The van der Waals surface area contributed by atoms with Gasteiger partial charge in [0, 0.05) is 25.3 Å². The number of carbonyl (C=O) groups excluding carboxylic acids is 1. The largest absolute Gasteiger partial charge is 0.494 e. The van der Waals surface area contributed by atoms with Gasteiger partial charge in [-0.15, -0.1) is 6.42 Å². The van der Waals surface area contributed by atoms with E-state index >= 15 is 0 Å². The number of ether oxygens (including phenoxy) is 1. The zero-order valence-corrected chi connectivity index (χ0v) is 16.4. The van der Waals surface area contributed by atoms with Crippen molar-refractivity contribution in [3.63, 3.8) is 0 Å². The number of anilines is 1. The van der Waals surface area contributed by atoms with Gasteiger partial charge in [-0.05, 0) is 49.4 Å². The second-order valence-corrected chi connectivity index (χ2v) is 7.10. The minimum Gasteiger partial charge on any atom is -0.494 e. The van der Waals surface area contributed by atoms with Crippen molar-refractivity contribution in [2.45, 2.75) is 13.5 Å². The van der Waals surface area contributed by atoms with Gasteiger partial charge in [-0.3, -0.25) is 4.79 Å². The summed E-state index contributed by atoms with van der Waals surface area (Å²) in [6.07, 6.45) is 5.52. The molecule has 0 radical (unpaired) electrons. The van der Waals surface area contributed by atoms with E-state index in [0.29, 0.717) is 23.5 Å². The van der Waals surface area contributed by atoms with Crippen LogP contribution < -0.4 is 14.4 Å². The first-order chi connectivity index (χ1) is 13.0. The molecule has 0 aliphatic carbocycles. The summed E-state index contributed by atoms with van der Waals surface area (Å²) in [6, 6.07) is 13.2. The zero-order valence-electron chi connectivity index (χ0n) is 15.6. The standard InChI is InChI=1S/C21H21N3O2S/c1-5-13-24-18-12-11-17(26-6-2)14-19(18)27-21(24)22-20(25)15-7-9-16(10-8-15)23(3)4/h1,7-12,14H,6,13H2,2-4H3. The van der Waals surface area contributed by atoms with Crippen LogP contribution in [0.5, 0.6) is 5.75 Å². The number of nitrogens with zero attached hydrogens (tertiary/aromatic N) is 3. The summed E-state index contributed by atoms with van der Waals surface area (Å²) in [7, 11) is 3.91. The van der Waals surface area contributed by atoms with Gasteiger partial charge in [0.15, 0.2) is 4.80 Å². The number of aromatic nitrogens is 1. The molecule has 3 aromatic rings. The molecular weight excluding hydrogens is 358 g/mol. The molecule has 27 heavy (non-hydrogen) atoms. The minimum absolute atomic E-state index is 0.289. The summed E-state index contributed by atoms with van der Waals surface area (Å²) < 4.78 is 8.41. The normalized spacial score (nSPS) is 11.4. The first-order valence-corrected chi connectivity index (χ1v) is 9.41. The quantitative estimate of drug-likeness (QED) is 0.637. The molecule has 138 valence electrons. The average molecular weight is 379 g/mol. The van der Waals surface area contributed by atoms with Gasteiger partial charge in [-0.25, -0.2) is 0 Å². The van der Waals surface area contributed by atoms with Gasteiger partial charge in [-0.2, -0.15) is 4.99 Å². The van der Waals surface area contributed by atoms with Crippen molar-refractivity contribution in [2.24, 2.45) is 4.99 Å². The monoisotopic (exact) mass is 379 g/mol. The van der Waals surface area contributed by atoms with Crippen LogP contribution in [0, 0.1) is 12.3 Å². The Hall–Kier alpha value is -3.04. The van der Waals surface area contributed by atoms with Gasteiger partial charge in [0.05, 0.1) is 23.4 Å². The highest BCUT2D eigenvalue weighted by Gasteiger charge is 2.10. The van der Waals surface area contributed by atoms with E-state index in [9.17, 15) is 4.79 Å². The van der Waals surface area contributed by atoms with Crippen LogP contribution >= 0.6 is 11.3 Å². The van der Waals surface area contributed by atoms with Crippen LogP contribution in [0.4, 0.5) is 5.69 Å². The summed E-state index contributed by atoms with van der Waals surface area (Å²) in [5, 5.41) is 0. The SMILES string of the molecule is C#CCn1c(=NC(=O)c2ccc(N(C)C)cc2)sc2cc(OCC)ccc21. The highest BCUT2D eigenvalue weighted by atomic mass is 32.1. The summed E-state index contributed by atoms with van der Waals surface area (Å²) in [5.74, 6) is 3.14. The number of amides is 1. The van der Waals surface area contributed by atoms with Crippen LogP contribution in [0.15, 0.2) is 47.5 Å². The number of thiazole rings is 1. The predicted molar refractivity (Wildman–Crippen MR) is 110 cm³/mol. The topological polar surface area (TPSA) is 46.8 Å². The highest BCUT2D eigenvalue weighted by Crippen LogP contribution is 2.23. The Bertz CT molecular complexity index is 1070. The number of carbonyl (C=O) groups is 1. The maximum atomic E-state index is 12.6. The van der Waals surface area contributed by atoms with Crippen molar-refractivity contribution in [2.75, 3.05) is 25.6 Å². The Morgan fingerprint density at radius 2 is 2.00 bits per heavy atom. The van der Waals surface area contributed by atoms with E-state index in [0.717, 1.165) is 21.7 Å². The van der Waals surface area contributed by atoms with Crippen molar-refractivity contribution in [1.82, 2.24) is 4.57 Å². The van der Waals surface area contributed by atoms with E-state index in [1.165, 1.54) is 11.3 Å². The molecule has 0 atom stereocenters. The molecule has 6 heteroatoms. The number of hydrogen-bond acceptors (Lipinski definition) is 4. The molecule has 0 saturated carbocycles. The van der Waals surface area contributed by atoms with Crippen molar-refractivity contribution < 1.29 is 9.53 Å². The fraction of sp³-hybridized carbons (Fsp3) is 0.238. The molecule has 1 aromatic heterocycles. The first kappa shape index (κ1) is 18.7. The Balaban J connectivity index is 2.04. The molecule has 5 nitrogen and oxygen atoms in total. The Morgan fingerprint density at radius 1 is 1.26 bits per heavy atom.